The molecule has 1 fully saturated rings. The van der Waals surface area contributed by atoms with Crippen LogP contribution in [0.25, 0.3) is 10.2 Å². The summed E-state index contributed by atoms with van der Waals surface area (Å²) in [6, 6.07) is 8.37. The number of nitrogens with one attached hydrogen (secondary N) is 1. The zero-order valence-corrected chi connectivity index (χ0v) is 17.6. The van der Waals surface area contributed by atoms with E-state index >= 15 is 0 Å². The Bertz CT molecular complexity index is 629. The first-order valence-corrected chi connectivity index (χ1v) is 9.38. The van der Waals surface area contributed by atoms with Crippen LogP contribution < -0.4 is 5.32 Å². The van der Waals surface area contributed by atoms with Crippen molar-refractivity contribution in [3.05, 3.63) is 29.3 Å². The van der Waals surface area contributed by atoms with Crippen LogP contribution in [0.15, 0.2) is 29.3 Å². The highest BCUT2D eigenvalue weighted by atomic mass is 127. The predicted molar refractivity (Wildman–Crippen MR) is 115 cm³/mol. The SMILES string of the molecule is CN=C(NCCCc1nc2ccccc2s1)N1CCC(C)CC1.I. The van der Waals surface area contributed by atoms with Gasteiger partial charge in [0.25, 0.3) is 0 Å². The third-order valence-electron chi connectivity index (χ3n) is 4.48. The predicted octanol–water partition coefficient (Wildman–Crippen LogP) is 4.15. The van der Waals surface area contributed by atoms with E-state index in [2.05, 4.69) is 46.4 Å². The lowest BCUT2D eigenvalue weighted by molar-refractivity contribution is 0.273. The van der Waals surface area contributed by atoms with E-state index in [9.17, 15) is 0 Å². The maximum absolute atomic E-state index is 4.70. The van der Waals surface area contributed by atoms with Crippen LogP contribution in [0.5, 0.6) is 0 Å². The topological polar surface area (TPSA) is 40.5 Å². The second-order valence-electron chi connectivity index (χ2n) is 6.32. The minimum Gasteiger partial charge on any atom is -0.356 e. The molecule has 0 bridgehead atoms. The molecule has 2 aromatic rings. The number of thiazole rings is 1. The van der Waals surface area contributed by atoms with Gasteiger partial charge in [0, 0.05) is 33.1 Å². The largest absolute Gasteiger partial charge is 0.356 e. The summed E-state index contributed by atoms with van der Waals surface area (Å²) in [7, 11) is 1.88. The Labute approximate surface area is 165 Å². The number of piperidine rings is 1. The normalized spacial score (nSPS) is 16.2. The molecule has 0 saturated carbocycles. The number of para-hydroxylation sites is 1. The van der Waals surface area contributed by atoms with Gasteiger partial charge in [-0.25, -0.2) is 4.98 Å². The van der Waals surface area contributed by atoms with Gasteiger partial charge in [-0.2, -0.15) is 0 Å². The number of halogens is 1. The van der Waals surface area contributed by atoms with Gasteiger partial charge in [-0.3, -0.25) is 4.99 Å². The molecule has 0 atom stereocenters. The second-order valence-corrected chi connectivity index (χ2v) is 7.44. The van der Waals surface area contributed by atoms with Crippen molar-refractivity contribution in [1.29, 1.82) is 0 Å². The Kier molecular flexibility index (Phi) is 7.74. The number of aliphatic imine (C=N–C) groups is 1. The van der Waals surface area contributed by atoms with E-state index in [0.717, 1.165) is 49.9 Å². The summed E-state index contributed by atoms with van der Waals surface area (Å²) in [5.41, 5.74) is 1.12. The van der Waals surface area contributed by atoms with Crippen molar-refractivity contribution in [2.24, 2.45) is 10.9 Å². The monoisotopic (exact) mass is 458 g/mol. The van der Waals surface area contributed by atoms with Gasteiger partial charge in [-0.15, -0.1) is 35.3 Å². The zero-order chi connectivity index (χ0) is 16.1. The quantitative estimate of drug-likeness (QED) is 0.324. The number of hydrogen-bond acceptors (Lipinski definition) is 3. The average molecular weight is 458 g/mol. The van der Waals surface area contributed by atoms with Crippen LogP contribution in [0.1, 0.15) is 31.2 Å². The molecular formula is C18H27IN4S. The second kappa shape index (κ2) is 9.56. The smallest absolute Gasteiger partial charge is 0.193 e. The molecule has 1 N–H and O–H groups in total. The molecule has 6 heteroatoms. The maximum Gasteiger partial charge on any atom is 0.193 e. The van der Waals surface area contributed by atoms with Crippen molar-refractivity contribution < 1.29 is 0 Å². The molecule has 1 aliphatic rings. The summed E-state index contributed by atoms with van der Waals surface area (Å²) in [6.45, 7) is 5.54. The third kappa shape index (κ3) is 5.05. The highest BCUT2D eigenvalue weighted by molar-refractivity contribution is 14.0. The van der Waals surface area contributed by atoms with Gasteiger partial charge in [-0.05, 0) is 37.3 Å². The van der Waals surface area contributed by atoms with Crippen LogP contribution in [0, 0.1) is 5.92 Å². The van der Waals surface area contributed by atoms with E-state index in [-0.39, 0.29) is 24.0 Å². The Morgan fingerprint density at radius 2 is 2.08 bits per heavy atom. The van der Waals surface area contributed by atoms with Crippen molar-refractivity contribution in [3.63, 3.8) is 0 Å². The maximum atomic E-state index is 4.70. The Balaban J connectivity index is 0.00000208. The first kappa shape index (κ1) is 19.4. The fourth-order valence-electron chi connectivity index (χ4n) is 3.02. The molecule has 1 aromatic carbocycles. The molecule has 0 unspecified atom stereocenters. The molecular weight excluding hydrogens is 431 g/mol. The molecule has 132 valence electrons. The average Bonchev–Trinajstić information content (AvgIpc) is 2.99. The van der Waals surface area contributed by atoms with Gasteiger partial charge < -0.3 is 10.2 Å². The van der Waals surface area contributed by atoms with Crippen molar-refractivity contribution >= 4 is 51.5 Å². The number of aromatic nitrogens is 1. The first-order chi connectivity index (χ1) is 11.3. The van der Waals surface area contributed by atoms with Gasteiger partial charge in [0.1, 0.15) is 0 Å². The van der Waals surface area contributed by atoms with Crippen molar-refractivity contribution in [2.75, 3.05) is 26.7 Å². The third-order valence-corrected chi connectivity index (χ3v) is 5.58. The number of rotatable bonds is 4. The van der Waals surface area contributed by atoms with Crippen LogP contribution in [0.3, 0.4) is 0 Å². The number of aryl methyl sites for hydroxylation is 1. The Morgan fingerprint density at radius 1 is 1.33 bits per heavy atom. The van der Waals surface area contributed by atoms with Gasteiger partial charge in [0.2, 0.25) is 0 Å². The van der Waals surface area contributed by atoms with E-state index in [0.29, 0.717) is 0 Å². The van der Waals surface area contributed by atoms with E-state index in [1.54, 1.807) is 0 Å². The van der Waals surface area contributed by atoms with Crippen LogP contribution in [-0.2, 0) is 6.42 Å². The summed E-state index contributed by atoms with van der Waals surface area (Å²) in [4.78, 5) is 11.5. The Morgan fingerprint density at radius 3 is 2.79 bits per heavy atom. The summed E-state index contributed by atoms with van der Waals surface area (Å²) in [5.74, 6) is 1.91. The number of fused-ring (bicyclic) bond motifs is 1. The Hall–Kier alpha value is -0.890. The van der Waals surface area contributed by atoms with Crippen LogP contribution >= 0.6 is 35.3 Å². The number of hydrogen-bond donors (Lipinski definition) is 1. The molecule has 2 heterocycles. The highest BCUT2D eigenvalue weighted by Crippen LogP contribution is 2.22. The standard InChI is InChI=1S/C18H26N4S.HI/c1-14-9-12-22(13-10-14)18(19-2)20-11-5-8-17-21-15-6-3-4-7-16(15)23-17;/h3-4,6-7,14H,5,8-13H2,1-2H3,(H,19,20);1H. The van der Waals surface area contributed by atoms with Crippen molar-refractivity contribution in [1.82, 2.24) is 15.2 Å². The van der Waals surface area contributed by atoms with Gasteiger partial charge >= 0.3 is 0 Å². The zero-order valence-electron chi connectivity index (χ0n) is 14.5. The molecule has 0 spiro atoms. The van der Waals surface area contributed by atoms with Crippen molar-refractivity contribution in [2.45, 2.75) is 32.6 Å². The van der Waals surface area contributed by atoms with Crippen LogP contribution in [0.2, 0.25) is 0 Å². The van der Waals surface area contributed by atoms with E-state index in [4.69, 9.17) is 4.98 Å². The molecule has 0 amide bonds. The minimum absolute atomic E-state index is 0. The molecule has 1 saturated heterocycles. The van der Waals surface area contributed by atoms with E-state index in [1.165, 1.54) is 22.5 Å². The summed E-state index contributed by atoms with van der Waals surface area (Å²) < 4.78 is 1.29. The van der Waals surface area contributed by atoms with Gasteiger partial charge in [0.15, 0.2) is 5.96 Å². The number of guanidine groups is 1. The summed E-state index contributed by atoms with van der Waals surface area (Å²) >= 11 is 1.81. The van der Waals surface area contributed by atoms with Gasteiger partial charge in [0.05, 0.1) is 15.2 Å². The van der Waals surface area contributed by atoms with E-state index in [1.807, 2.05) is 18.4 Å². The molecule has 0 radical (unpaired) electrons. The lowest BCUT2D eigenvalue weighted by atomic mass is 10.00. The fraction of sp³-hybridized carbons (Fsp3) is 0.556. The summed E-state index contributed by atoms with van der Waals surface area (Å²) in [6.07, 6.45) is 4.66. The molecule has 1 aliphatic heterocycles. The molecule has 24 heavy (non-hydrogen) atoms. The first-order valence-electron chi connectivity index (χ1n) is 8.56. The number of nitrogens with zero attached hydrogens (tertiary/aromatic N) is 3. The van der Waals surface area contributed by atoms with Crippen molar-refractivity contribution in [3.8, 4) is 0 Å². The number of benzene rings is 1. The molecule has 4 nitrogen and oxygen atoms in total. The molecule has 1 aromatic heterocycles. The number of likely N-dealkylation sites (tertiary alicyclic amines) is 1. The summed E-state index contributed by atoms with van der Waals surface area (Å²) in [5, 5.41) is 4.74. The lowest BCUT2D eigenvalue weighted by Gasteiger charge is -2.32. The molecule has 3 rings (SSSR count). The minimum atomic E-state index is 0. The van der Waals surface area contributed by atoms with E-state index < -0.39 is 0 Å². The fourth-order valence-corrected chi connectivity index (χ4v) is 4.03. The highest BCUT2D eigenvalue weighted by Gasteiger charge is 2.18. The molecule has 0 aliphatic carbocycles. The van der Waals surface area contributed by atoms with Gasteiger partial charge in [-0.1, -0.05) is 19.1 Å². The van der Waals surface area contributed by atoms with Crippen LogP contribution in [-0.4, -0.2) is 42.5 Å². The lowest BCUT2D eigenvalue weighted by Crippen LogP contribution is -2.45. The van der Waals surface area contributed by atoms with Crippen LogP contribution in [0.4, 0.5) is 0 Å².